The molecule has 0 bridgehead atoms. The van der Waals surface area contributed by atoms with E-state index >= 15 is 0 Å². The Balaban J connectivity index is 1.08. The van der Waals surface area contributed by atoms with Gasteiger partial charge in [-0.3, -0.25) is 9.97 Å². The summed E-state index contributed by atoms with van der Waals surface area (Å²) in [6.45, 7) is 7.48. The topological polar surface area (TPSA) is 82.9 Å². The van der Waals surface area contributed by atoms with E-state index in [1.165, 1.54) is 5.56 Å². The number of allylic oxidation sites excluding steroid dienone is 3. The second-order valence-electron chi connectivity index (χ2n) is 14.1. The molecule has 5 aromatic heterocycles. The van der Waals surface area contributed by atoms with E-state index in [4.69, 9.17) is 21.4 Å². The maximum Gasteiger partial charge on any atom is 0.0890 e. The van der Waals surface area contributed by atoms with Gasteiger partial charge in [0.15, 0.2) is 0 Å². The van der Waals surface area contributed by atoms with Gasteiger partial charge in [0.05, 0.1) is 64.4 Å². The Hall–Kier alpha value is -7.43. The monoisotopic (exact) mass is 739 g/mol. The summed E-state index contributed by atoms with van der Waals surface area (Å²) in [6, 6.07) is 42.8. The SMILES string of the molecule is C#Cc1ccc(/C(=C2N=C(/C=C/c3ccc(N(Cc4cccc(-c5ccccn5)n4)Cc4cccc(-c5ccccn5)n4)cc3)C=C\2C)c2[nH]c(C)cc2C)cc1. The number of anilines is 1. The number of nitrogens with one attached hydrogen (secondary N) is 1. The molecule has 276 valence electrons. The zero-order valence-electron chi connectivity index (χ0n) is 32.2. The van der Waals surface area contributed by atoms with Crippen LogP contribution in [-0.4, -0.2) is 30.6 Å². The third kappa shape index (κ3) is 8.46. The molecule has 0 aliphatic carbocycles. The zero-order valence-corrected chi connectivity index (χ0v) is 32.2. The van der Waals surface area contributed by atoms with E-state index in [1.54, 1.807) is 12.4 Å². The molecule has 2 aromatic carbocycles. The Bertz CT molecular complexity index is 2610. The largest absolute Gasteiger partial charge is 0.360 e. The number of hydrogen-bond donors (Lipinski definition) is 1. The maximum atomic E-state index is 5.67. The van der Waals surface area contributed by atoms with E-state index in [1.807, 2.05) is 72.8 Å². The molecule has 7 heteroatoms. The average Bonchev–Trinajstić information content (AvgIpc) is 3.80. The molecule has 0 radical (unpaired) electrons. The molecule has 0 saturated heterocycles. The maximum absolute atomic E-state index is 5.67. The van der Waals surface area contributed by atoms with Gasteiger partial charge in [-0.15, -0.1) is 6.42 Å². The van der Waals surface area contributed by atoms with Crippen LogP contribution in [-0.2, 0) is 13.1 Å². The first-order valence-corrected chi connectivity index (χ1v) is 18.9. The highest BCUT2D eigenvalue weighted by atomic mass is 15.1. The molecule has 8 rings (SSSR count). The van der Waals surface area contributed by atoms with Crippen LogP contribution in [0.2, 0.25) is 0 Å². The highest BCUT2D eigenvalue weighted by Gasteiger charge is 2.21. The Kier molecular flexibility index (Phi) is 10.6. The molecule has 0 saturated carbocycles. The molecule has 0 spiro atoms. The van der Waals surface area contributed by atoms with Crippen molar-refractivity contribution < 1.29 is 0 Å². The van der Waals surface area contributed by atoms with Crippen molar-refractivity contribution in [1.29, 1.82) is 0 Å². The van der Waals surface area contributed by atoms with Crippen molar-refractivity contribution in [2.24, 2.45) is 4.99 Å². The number of pyridine rings is 4. The van der Waals surface area contributed by atoms with Crippen LogP contribution in [0, 0.1) is 26.2 Å². The van der Waals surface area contributed by atoms with Gasteiger partial charge in [-0.2, -0.15) is 0 Å². The number of rotatable bonds is 11. The van der Waals surface area contributed by atoms with Crippen LogP contribution >= 0.6 is 0 Å². The van der Waals surface area contributed by atoms with Crippen LogP contribution in [0.5, 0.6) is 0 Å². The molecular weight excluding hydrogens is 699 g/mol. The fourth-order valence-electron chi connectivity index (χ4n) is 7.06. The fourth-order valence-corrected chi connectivity index (χ4v) is 7.06. The number of terminal acetylenes is 1. The van der Waals surface area contributed by atoms with Gasteiger partial charge in [0.25, 0.3) is 0 Å². The molecule has 0 fully saturated rings. The average molecular weight is 740 g/mol. The minimum Gasteiger partial charge on any atom is -0.360 e. The van der Waals surface area contributed by atoms with Gasteiger partial charge in [0.1, 0.15) is 0 Å². The van der Waals surface area contributed by atoms with E-state index in [0.717, 1.165) is 90.5 Å². The first-order chi connectivity index (χ1) is 27.9. The third-order valence-corrected chi connectivity index (χ3v) is 9.83. The van der Waals surface area contributed by atoms with E-state index in [9.17, 15) is 0 Å². The summed E-state index contributed by atoms with van der Waals surface area (Å²) in [7, 11) is 0. The number of benzene rings is 2. The van der Waals surface area contributed by atoms with Crippen molar-refractivity contribution in [3.8, 4) is 35.1 Å². The molecular formula is C50H41N7. The predicted molar refractivity (Wildman–Crippen MR) is 232 cm³/mol. The van der Waals surface area contributed by atoms with Crippen LogP contribution in [0.1, 0.15) is 52.0 Å². The smallest absolute Gasteiger partial charge is 0.0890 e. The van der Waals surface area contributed by atoms with Gasteiger partial charge in [-0.25, -0.2) is 15.0 Å². The minimum atomic E-state index is 0.578. The van der Waals surface area contributed by atoms with E-state index in [0.29, 0.717) is 13.1 Å². The lowest BCUT2D eigenvalue weighted by atomic mass is 9.95. The molecule has 0 unspecified atom stereocenters. The van der Waals surface area contributed by atoms with Crippen molar-refractivity contribution in [2.45, 2.75) is 33.9 Å². The number of aromatic amines is 1. The number of H-pyrrole nitrogens is 1. The van der Waals surface area contributed by atoms with Gasteiger partial charge in [0, 0.05) is 34.9 Å². The molecule has 7 nitrogen and oxygen atoms in total. The molecule has 0 atom stereocenters. The summed E-state index contributed by atoms with van der Waals surface area (Å²) < 4.78 is 0. The first kappa shape index (κ1) is 36.5. The predicted octanol–water partition coefficient (Wildman–Crippen LogP) is 10.6. The van der Waals surface area contributed by atoms with Crippen molar-refractivity contribution >= 4 is 23.0 Å². The third-order valence-electron chi connectivity index (χ3n) is 9.83. The molecule has 1 aliphatic rings. The first-order valence-electron chi connectivity index (χ1n) is 18.9. The minimum absolute atomic E-state index is 0.578. The summed E-state index contributed by atoms with van der Waals surface area (Å²) in [5.41, 5.74) is 16.6. The lowest BCUT2D eigenvalue weighted by Crippen LogP contribution is -2.23. The van der Waals surface area contributed by atoms with Crippen LogP contribution in [0.3, 0.4) is 0 Å². The van der Waals surface area contributed by atoms with Crippen molar-refractivity contribution in [3.63, 3.8) is 0 Å². The van der Waals surface area contributed by atoms with Crippen molar-refractivity contribution in [3.05, 3.63) is 208 Å². The normalized spacial score (nSPS) is 13.3. The van der Waals surface area contributed by atoms with Crippen LogP contribution in [0.25, 0.3) is 34.4 Å². The van der Waals surface area contributed by atoms with E-state index in [-0.39, 0.29) is 0 Å². The van der Waals surface area contributed by atoms with Gasteiger partial charge in [-0.1, -0.05) is 60.5 Å². The Morgan fingerprint density at radius 2 is 1.30 bits per heavy atom. The highest BCUT2D eigenvalue weighted by molar-refractivity contribution is 6.11. The van der Waals surface area contributed by atoms with Gasteiger partial charge >= 0.3 is 0 Å². The number of nitrogens with zero attached hydrogens (tertiary/aromatic N) is 6. The second kappa shape index (κ2) is 16.5. The van der Waals surface area contributed by atoms with Crippen LogP contribution in [0.15, 0.2) is 168 Å². The molecule has 1 N–H and O–H groups in total. The lowest BCUT2D eigenvalue weighted by molar-refractivity contribution is 0.766. The number of hydrogen-bond acceptors (Lipinski definition) is 6. The highest BCUT2D eigenvalue weighted by Crippen LogP contribution is 2.35. The molecule has 0 amide bonds. The van der Waals surface area contributed by atoms with Crippen molar-refractivity contribution in [2.75, 3.05) is 4.90 Å². The summed E-state index contributed by atoms with van der Waals surface area (Å²) in [5, 5.41) is 0. The zero-order chi connectivity index (χ0) is 39.1. The van der Waals surface area contributed by atoms with E-state index in [2.05, 4.69) is 119 Å². The number of aryl methyl sites for hydroxylation is 2. The fraction of sp³-hybridized carbons (Fsp3) is 0.100. The number of aromatic nitrogens is 5. The second-order valence-corrected chi connectivity index (χ2v) is 14.1. The Labute approximate surface area is 334 Å². The molecule has 7 aromatic rings. The van der Waals surface area contributed by atoms with Crippen LogP contribution < -0.4 is 4.90 Å². The van der Waals surface area contributed by atoms with Gasteiger partial charge in [-0.05, 0) is 134 Å². The summed E-state index contributed by atoms with van der Waals surface area (Å²) in [6.07, 6.45) is 15.6. The molecule has 57 heavy (non-hydrogen) atoms. The van der Waals surface area contributed by atoms with Crippen molar-refractivity contribution in [1.82, 2.24) is 24.9 Å². The molecule has 1 aliphatic heterocycles. The van der Waals surface area contributed by atoms with Gasteiger partial charge < -0.3 is 9.88 Å². The van der Waals surface area contributed by atoms with Gasteiger partial charge in [0.2, 0.25) is 0 Å². The van der Waals surface area contributed by atoms with Crippen LogP contribution in [0.4, 0.5) is 5.69 Å². The summed E-state index contributed by atoms with van der Waals surface area (Å²) >= 11 is 0. The Morgan fingerprint density at radius 1 is 0.684 bits per heavy atom. The molecule has 6 heterocycles. The lowest BCUT2D eigenvalue weighted by Gasteiger charge is -2.25. The quantitative estimate of drug-likeness (QED) is 0.134. The standard InChI is InChI=1S/C50H41N7/c1-5-37-18-23-39(24-19-37)48(49-34(2)30-36(4)53-49)50-35(3)31-40(56-50)25-20-38-21-26-43(27-22-38)57(32-41-12-10-16-46(54-41)44-14-6-8-28-51-44)33-42-13-11-17-47(55-42)45-15-7-9-29-52-45/h1,6-31,53H,32-33H2,2-4H3/b25-20+,50-48+. The Morgan fingerprint density at radius 3 is 1.84 bits per heavy atom. The van der Waals surface area contributed by atoms with E-state index < -0.39 is 0 Å². The summed E-state index contributed by atoms with van der Waals surface area (Å²) in [4.78, 5) is 30.1. The number of aliphatic imine (C=N–C) groups is 1. The summed E-state index contributed by atoms with van der Waals surface area (Å²) in [5.74, 6) is 2.73.